The molecule has 0 radical (unpaired) electrons. The summed E-state index contributed by atoms with van der Waals surface area (Å²) in [5.74, 6) is 0. The molecule has 2 aromatic rings. The molecule has 0 amide bonds. The highest BCUT2D eigenvalue weighted by molar-refractivity contribution is 5.74. The fraction of sp³-hybridized carbons (Fsp3) is 0.349. The minimum atomic E-state index is 1.15. The van der Waals surface area contributed by atoms with Gasteiger partial charge < -0.3 is 0 Å². The van der Waals surface area contributed by atoms with Crippen LogP contribution in [0.4, 0.5) is 0 Å². The third-order valence-corrected chi connectivity index (χ3v) is 9.45. The van der Waals surface area contributed by atoms with Crippen molar-refractivity contribution in [1.29, 1.82) is 0 Å². The minimum Gasteiger partial charge on any atom is -0.0802 e. The first-order valence-corrected chi connectivity index (χ1v) is 16.0. The van der Waals surface area contributed by atoms with Gasteiger partial charge in [0.2, 0.25) is 0 Å². The lowest BCUT2D eigenvalue weighted by Crippen LogP contribution is -1.80. The van der Waals surface area contributed by atoms with Gasteiger partial charge in [0.15, 0.2) is 0 Å². The van der Waals surface area contributed by atoms with Gasteiger partial charge in [-0.3, -0.25) is 0 Å². The van der Waals surface area contributed by atoms with E-state index in [0.717, 1.165) is 6.42 Å². The number of hydrogen-bond acceptors (Lipinski definition) is 0. The zero-order chi connectivity index (χ0) is 31.5. The van der Waals surface area contributed by atoms with Gasteiger partial charge in [0.25, 0.3) is 0 Å². The van der Waals surface area contributed by atoms with Crippen LogP contribution in [0.5, 0.6) is 0 Å². The summed E-state index contributed by atoms with van der Waals surface area (Å²) in [6, 6.07) is 17.0. The van der Waals surface area contributed by atoms with Gasteiger partial charge in [-0.1, -0.05) is 118 Å². The molecule has 0 nitrogen and oxygen atoms in total. The molecule has 0 aliphatic heterocycles. The fourth-order valence-electron chi connectivity index (χ4n) is 5.57. The van der Waals surface area contributed by atoms with E-state index >= 15 is 0 Å². The molecular weight excluding hydrogens is 516 g/mol. The summed E-state index contributed by atoms with van der Waals surface area (Å²) in [6.07, 6.45) is 19.2. The molecule has 0 heteroatoms. The predicted molar refractivity (Wildman–Crippen MR) is 192 cm³/mol. The fourth-order valence-corrected chi connectivity index (χ4v) is 5.57. The Balaban J connectivity index is 0.000000149. The number of fused-ring (bicyclic) bond motifs is 1. The quantitative estimate of drug-likeness (QED) is 0.295. The number of benzene rings is 2. The van der Waals surface area contributed by atoms with E-state index in [2.05, 4.69) is 154 Å². The van der Waals surface area contributed by atoms with Crippen LogP contribution >= 0.6 is 0 Å². The molecule has 226 valence electrons. The maximum Gasteiger partial charge on any atom is -0.00579 e. The molecule has 5 aliphatic rings. The van der Waals surface area contributed by atoms with E-state index in [1.807, 2.05) is 0 Å². The molecule has 0 bridgehead atoms. The van der Waals surface area contributed by atoms with E-state index < -0.39 is 0 Å². The molecule has 0 unspecified atom stereocenters. The van der Waals surface area contributed by atoms with Crippen LogP contribution in [0.1, 0.15) is 103 Å². The maximum absolute atomic E-state index is 2.27. The average Bonchev–Trinajstić information content (AvgIpc) is 3.81. The van der Waals surface area contributed by atoms with Gasteiger partial charge in [-0.05, 0) is 146 Å². The van der Waals surface area contributed by atoms with Crippen LogP contribution in [-0.2, 0) is 6.42 Å². The largest absolute Gasteiger partial charge is 0.0802 e. The van der Waals surface area contributed by atoms with Crippen LogP contribution in [0, 0.1) is 13.8 Å². The predicted octanol–water partition coefficient (Wildman–Crippen LogP) is 12.9. The Hall–Kier alpha value is -3.64. The highest BCUT2D eigenvalue weighted by atomic mass is 14.2. The Morgan fingerprint density at radius 3 is 1.35 bits per heavy atom. The van der Waals surface area contributed by atoms with Gasteiger partial charge in [-0.25, -0.2) is 0 Å². The first-order valence-electron chi connectivity index (χ1n) is 16.0. The number of allylic oxidation sites excluding steroid dienone is 16. The van der Waals surface area contributed by atoms with Gasteiger partial charge in [0.1, 0.15) is 0 Å². The summed E-state index contributed by atoms with van der Waals surface area (Å²) in [6.45, 7) is 21.8. The van der Waals surface area contributed by atoms with E-state index in [1.54, 1.807) is 22.3 Å². The highest BCUT2D eigenvalue weighted by Crippen LogP contribution is 2.38. The van der Waals surface area contributed by atoms with E-state index in [4.69, 9.17) is 0 Å². The van der Waals surface area contributed by atoms with Crippen LogP contribution in [0.25, 0.3) is 5.57 Å². The first-order chi connectivity index (χ1) is 20.5. The topological polar surface area (TPSA) is 0 Å². The maximum atomic E-state index is 2.27. The molecule has 7 rings (SSSR count). The molecular formula is C43H54. The van der Waals surface area contributed by atoms with Gasteiger partial charge in [0, 0.05) is 0 Å². The summed E-state index contributed by atoms with van der Waals surface area (Å²) < 4.78 is 0. The Bertz CT molecular complexity index is 1490. The van der Waals surface area contributed by atoms with Crippen molar-refractivity contribution in [1.82, 2.24) is 0 Å². The average molecular weight is 571 g/mol. The zero-order valence-corrected chi connectivity index (χ0v) is 28.6. The van der Waals surface area contributed by atoms with Crippen LogP contribution in [0.3, 0.4) is 0 Å². The number of rotatable bonds is 0. The normalized spacial score (nSPS) is 17.3. The van der Waals surface area contributed by atoms with Crippen LogP contribution in [-0.4, -0.2) is 0 Å². The Labute approximate surface area is 263 Å². The smallest absolute Gasteiger partial charge is 0.00579 e. The lowest BCUT2D eigenvalue weighted by Gasteiger charge is -1.97. The molecule has 5 aliphatic carbocycles. The number of aryl methyl sites for hydroxylation is 2. The van der Waals surface area contributed by atoms with Crippen molar-refractivity contribution in [2.24, 2.45) is 0 Å². The molecule has 0 heterocycles. The molecule has 0 aromatic heterocycles. The standard InChI is InChI=1S/C11H12.C10H12.C8H10.2C7H10/c1-8-7-10-5-3-4-6-11(10)9(8)2;1-7-6-9-4-3-5-10(9)8(7)2;1-7-5-3-4-6-8(7)2;2*1-6-4-3-5-7(6)2/h3-6H,7H2,1-2H3;3-4H,5-6H2,1-2H3;3-6H,1-2H3;2*3-4H,5H2,1-2H3. The van der Waals surface area contributed by atoms with Gasteiger partial charge in [-0.2, -0.15) is 0 Å². The Morgan fingerprint density at radius 2 is 0.930 bits per heavy atom. The summed E-state index contributed by atoms with van der Waals surface area (Å²) in [4.78, 5) is 0. The molecule has 0 fully saturated rings. The van der Waals surface area contributed by atoms with Gasteiger partial charge >= 0.3 is 0 Å². The van der Waals surface area contributed by atoms with Crippen molar-refractivity contribution < 1.29 is 0 Å². The molecule has 0 spiro atoms. The molecule has 43 heavy (non-hydrogen) atoms. The van der Waals surface area contributed by atoms with Crippen molar-refractivity contribution in [3.8, 4) is 0 Å². The summed E-state index contributed by atoms with van der Waals surface area (Å²) in [7, 11) is 0. The molecule has 0 saturated carbocycles. The van der Waals surface area contributed by atoms with Crippen molar-refractivity contribution in [2.75, 3.05) is 0 Å². The zero-order valence-electron chi connectivity index (χ0n) is 28.6. The van der Waals surface area contributed by atoms with E-state index in [1.165, 1.54) is 81.4 Å². The van der Waals surface area contributed by atoms with E-state index in [-0.39, 0.29) is 0 Å². The molecule has 0 saturated heterocycles. The second-order valence-corrected chi connectivity index (χ2v) is 12.7. The summed E-state index contributed by atoms with van der Waals surface area (Å²) in [5.41, 5.74) is 20.8. The first kappa shape index (κ1) is 33.9. The van der Waals surface area contributed by atoms with Crippen LogP contribution in [0.2, 0.25) is 0 Å². The van der Waals surface area contributed by atoms with Crippen molar-refractivity contribution in [3.05, 3.63) is 157 Å². The molecule has 0 atom stereocenters. The Kier molecular flexibility index (Phi) is 12.8. The van der Waals surface area contributed by atoms with Crippen molar-refractivity contribution in [2.45, 2.75) is 101 Å². The minimum absolute atomic E-state index is 1.15. The van der Waals surface area contributed by atoms with E-state index in [0.29, 0.717) is 0 Å². The SMILES string of the molecule is CC1=C(C)C2=C(C=CC2)C1.CC1=C(C)CC=C1.CC1=C(C)CC=C1.CC1=C(C)c2ccccc2C1.Cc1ccccc1C. The third kappa shape index (κ3) is 9.69. The highest BCUT2D eigenvalue weighted by Gasteiger charge is 2.18. The van der Waals surface area contributed by atoms with Crippen LogP contribution in [0.15, 0.2) is 135 Å². The van der Waals surface area contributed by atoms with Gasteiger partial charge in [-0.15, -0.1) is 0 Å². The van der Waals surface area contributed by atoms with Gasteiger partial charge in [0.05, 0.1) is 0 Å². The van der Waals surface area contributed by atoms with E-state index in [9.17, 15) is 0 Å². The lowest BCUT2D eigenvalue weighted by atomic mass is 10.1. The second kappa shape index (κ2) is 16.3. The van der Waals surface area contributed by atoms with Crippen molar-refractivity contribution >= 4 is 5.57 Å². The Morgan fingerprint density at radius 1 is 0.442 bits per heavy atom. The molecule has 2 aromatic carbocycles. The third-order valence-electron chi connectivity index (χ3n) is 9.45. The number of hydrogen-bond donors (Lipinski definition) is 0. The van der Waals surface area contributed by atoms with Crippen LogP contribution < -0.4 is 0 Å². The lowest BCUT2D eigenvalue weighted by molar-refractivity contribution is 1.17. The monoisotopic (exact) mass is 570 g/mol. The van der Waals surface area contributed by atoms with Crippen molar-refractivity contribution in [3.63, 3.8) is 0 Å². The second-order valence-electron chi connectivity index (χ2n) is 12.7. The summed E-state index contributed by atoms with van der Waals surface area (Å²) in [5, 5.41) is 0. The molecule has 0 N–H and O–H groups in total. The summed E-state index contributed by atoms with van der Waals surface area (Å²) >= 11 is 0.